The van der Waals surface area contributed by atoms with E-state index in [9.17, 15) is 19.8 Å². The van der Waals surface area contributed by atoms with Crippen molar-refractivity contribution in [3.8, 4) is 0 Å². The average Bonchev–Trinajstić information content (AvgIpc) is 3.27. The van der Waals surface area contributed by atoms with Gasteiger partial charge < -0.3 is 20.3 Å². The summed E-state index contributed by atoms with van der Waals surface area (Å²) < 4.78 is 5.46. The normalized spacial score (nSPS) is 12.8. The van der Waals surface area contributed by atoms with Crippen molar-refractivity contribution in [1.29, 1.82) is 0 Å². The lowest BCUT2D eigenvalue weighted by atomic mass is 10.0. The Balaban J connectivity index is 3.48. The van der Waals surface area contributed by atoms with Gasteiger partial charge in [0, 0.05) is 12.8 Å². The van der Waals surface area contributed by atoms with Gasteiger partial charge in [-0.25, -0.2) is 0 Å². The minimum Gasteiger partial charge on any atom is -0.466 e. The number of esters is 1. The maximum atomic E-state index is 12.4. The average molecular weight is 874 g/mol. The van der Waals surface area contributed by atoms with E-state index in [1.165, 1.54) is 212 Å². The standard InChI is InChI=1S/C56H107NO5/c1-3-5-7-9-11-13-15-17-21-25-28-32-36-40-44-48-54(59)53(52-58)57-55(60)49-45-41-37-33-29-26-22-19-18-20-23-27-31-35-39-43-47-51-62-56(61)50-46-42-38-34-30-24-16-14-12-10-8-6-4-2/h18,20,44,48,53-54,58-59H,3-17,19,21-43,45-47,49-52H2,1-2H3,(H,57,60)/b20-18-,48-44+. The Morgan fingerprint density at radius 1 is 0.435 bits per heavy atom. The third-order valence-electron chi connectivity index (χ3n) is 12.7. The molecule has 0 aliphatic heterocycles. The van der Waals surface area contributed by atoms with Gasteiger partial charge in [0.15, 0.2) is 0 Å². The van der Waals surface area contributed by atoms with Crippen LogP contribution >= 0.6 is 0 Å². The number of amides is 1. The van der Waals surface area contributed by atoms with Gasteiger partial charge >= 0.3 is 5.97 Å². The molecule has 2 atom stereocenters. The van der Waals surface area contributed by atoms with E-state index in [2.05, 4.69) is 31.3 Å². The van der Waals surface area contributed by atoms with Gasteiger partial charge in [-0.15, -0.1) is 0 Å². The minimum atomic E-state index is -0.851. The van der Waals surface area contributed by atoms with Gasteiger partial charge in [-0.1, -0.05) is 250 Å². The van der Waals surface area contributed by atoms with E-state index < -0.39 is 12.1 Å². The molecule has 2 unspecified atom stereocenters. The van der Waals surface area contributed by atoms with Crippen LogP contribution in [0.25, 0.3) is 0 Å². The molecule has 3 N–H and O–H groups in total. The molecular weight excluding hydrogens is 767 g/mol. The molecule has 62 heavy (non-hydrogen) atoms. The maximum Gasteiger partial charge on any atom is 0.305 e. The molecule has 0 radical (unpaired) electrons. The molecule has 1 amide bonds. The summed E-state index contributed by atoms with van der Waals surface area (Å²) in [6, 6.07) is -0.636. The lowest BCUT2D eigenvalue weighted by molar-refractivity contribution is -0.143. The van der Waals surface area contributed by atoms with Crippen molar-refractivity contribution >= 4 is 11.9 Å². The van der Waals surface area contributed by atoms with Gasteiger partial charge in [0.05, 0.1) is 25.4 Å². The van der Waals surface area contributed by atoms with Gasteiger partial charge in [0.1, 0.15) is 0 Å². The highest BCUT2D eigenvalue weighted by Gasteiger charge is 2.18. The molecular formula is C56H107NO5. The fourth-order valence-electron chi connectivity index (χ4n) is 8.45. The lowest BCUT2D eigenvalue weighted by Crippen LogP contribution is -2.45. The van der Waals surface area contributed by atoms with E-state index in [0.29, 0.717) is 19.4 Å². The molecule has 0 fully saturated rings. The van der Waals surface area contributed by atoms with E-state index in [4.69, 9.17) is 4.74 Å². The largest absolute Gasteiger partial charge is 0.466 e. The topological polar surface area (TPSA) is 95.9 Å². The lowest BCUT2D eigenvalue weighted by Gasteiger charge is -2.20. The SMILES string of the molecule is CCCCCCCCCCCCCCC/C=C/C(O)C(CO)NC(=O)CCCCCCCCC/C=C\CCCCCCCCOC(=O)CCCCCCCCCCCCCCC. The van der Waals surface area contributed by atoms with Gasteiger partial charge in [-0.3, -0.25) is 9.59 Å². The number of nitrogens with one attached hydrogen (secondary N) is 1. The van der Waals surface area contributed by atoms with Crippen molar-refractivity contribution in [2.24, 2.45) is 0 Å². The Labute approximate surface area is 386 Å². The highest BCUT2D eigenvalue weighted by atomic mass is 16.5. The summed E-state index contributed by atoms with van der Waals surface area (Å²) in [5.74, 6) is -0.0804. The van der Waals surface area contributed by atoms with E-state index in [0.717, 1.165) is 57.8 Å². The second kappa shape index (κ2) is 52.0. The molecule has 0 heterocycles. The Morgan fingerprint density at radius 2 is 0.758 bits per heavy atom. The summed E-state index contributed by atoms with van der Waals surface area (Å²) in [5, 5.41) is 23.1. The number of carbonyl (C=O) groups is 2. The first kappa shape index (κ1) is 60.3. The minimum absolute atomic E-state index is 0.00129. The van der Waals surface area contributed by atoms with E-state index in [1.807, 2.05) is 6.08 Å². The predicted octanol–water partition coefficient (Wildman–Crippen LogP) is 16.7. The number of ether oxygens (including phenoxy) is 1. The van der Waals surface area contributed by atoms with Crippen molar-refractivity contribution in [3.63, 3.8) is 0 Å². The van der Waals surface area contributed by atoms with Crippen molar-refractivity contribution in [3.05, 3.63) is 24.3 Å². The Bertz CT molecular complexity index is 966. The molecule has 0 rings (SSSR count). The molecule has 0 saturated heterocycles. The molecule has 6 heteroatoms. The summed E-state index contributed by atoms with van der Waals surface area (Å²) in [6.07, 6.45) is 61.8. The smallest absolute Gasteiger partial charge is 0.305 e. The number of aliphatic hydroxyl groups is 2. The summed E-state index contributed by atoms with van der Waals surface area (Å²) in [6.45, 7) is 4.89. The zero-order chi connectivity index (χ0) is 45.1. The van der Waals surface area contributed by atoms with Crippen molar-refractivity contribution in [2.75, 3.05) is 13.2 Å². The zero-order valence-electron chi connectivity index (χ0n) is 41.6. The number of rotatable bonds is 51. The molecule has 0 bridgehead atoms. The van der Waals surface area contributed by atoms with Crippen LogP contribution in [0.1, 0.15) is 296 Å². The molecule has 6 nitrogen and oxygen atoms in total. The second-order valence-corrected chi connectivity index (χ2v) is 18.9. The van der Waals surface area contributed by atoms with Gasteiger partial charge in [-0.05, 0) is 57.8 Å². The summed E-state index contributed by atoms with van der Waals surface area (Å²) >= 11 is 0. The van der Waals surface area contributed by atoms with Crippen molar-refractivity contribution in [1.82, 2.24) is 5.32 Å². The number of carbonyl (C=O) groups excluding carboxylic acids is 2. The van der Waals surface area contributed by atoms with Gasteiger partial charge in [0.2, 0.25) is 5.91 Å². The predicted molar refractivity (Wildman–Crippen MR) is 269 cm³/mol. The van der Waals surface area contributed by atoms with E-state index in [1.54, 1.807) is 6.08 Å². The highest BCUT2D eigenvalue weighted by Crippen LogP contribution is 2.16. The van der Waals surface area contributed by atoms with Crippen LogP contribution in [-0.2, 0) is 14.3 Å². The summed E-state index contributed by atoms with van der Waals surface area (Å²) in [4.78, 5) is 24.4. The molecule has 0 aromatic carbocycles. The number of allylic oxidation sites excluding steroid dienone is 3. The molecule has 0 aromatic rings. The number of hydrogen-bond acceptors (Lipinski definition) is 5. The van der Waals surface area contributed by atoms with Crippen LogP contribution in [-0.4, -0.2) is 47.4 Å². The second-order valence-electron chi connectivity index (χ2n) is 18.9. The summed E-state index contributed by atoms with van der Waals surface area (Å²) in [7, 11) is 0. The van der Waals surface area contributed by atoms with Crippen LogP contribution in [0.4, 0.5) is 0 Å². The first-order chi connectivity index (χ1) is 30.5. The molecule has 0 aliphatic rings. The van der Waals surface area contributed by atoms with Crippen LogP contribution in [0.5, 0.6) is 0 Å². The number of aliphatic hydroxyl groups excluding tert-OH is 2. The Kier molecular flexibility index (Phi) is 50.6. The van der Waals surface area contributed by atoms with Gasteiger partial charge in [-0.2, -0.15) is 0 Å². The third-order valence-corrected chi connectivity index (χ3v) is 12.7. The van der Waals surface area contributed by atoms with Crippen molar-refractivity contribution in [2.45, 2.75) is 309 Å². The molecule has 0 saturated carbocycles. The first-order valence-electron chi connectivity index (χ1n) is 27.6. The third kappa shape index (κ3) is 47.8. The quantitative estimate of drug-likeness (QED) is 0.0321. The first-order valence-corrected chi connectivity index (χ1v) is 27.6. The molecule has 366 valence electrons. The fourth-order valence-corrected chi connectivity index (χ4v) is 8.45. The highest BCUT2D eigenvalue weighted by molar-refractivity contribution is 5.76. The zero-order valence-corrected chi connectivity index (χ0v) is 41.6. The maximum absolute atomic E-state index is 12.4. The Hall–Kier alpha value is -1.66. The molecule has 0 aromatic heterocycles. The number of unbranched alkanes of at least 4 members (excludes halogenated alkanes) is 38. The molecule has 0 aliphatic carbocycles. The van der Waals surface area contributed by atoms with Gasteiger partial charge in [0.25, 0.3) is 0 Å². The molecule has 0 spiro atoms. The monoisotopic (exact) mass is 874 g/mol. The van der Waals surface area contributed by atoms with Crippen LogP contribution in [0.2, 0.25) is 0 Å². The van der Waals surface area contributed by atoms with Crippen LogP contribution in [0.15, 0.2) is 24.3 Å². The fraction of sp³-hybridized carbons (Fsp3) is 0.893. The summed E-state index contributed by atoms with van der Waals surface area (Å²) in [5.41, 5.74) is 0. The van der Waals surface area contributed by atoms with E-state index >= 15 is 0 Å². The van der Waals surface area contributed by atoms with Crippen LogP contribution < -0.4 is 5.32 Å². The van der Waals surface area contributed by atoms with E-state index in [-0.39, 0.29) is 18.5 Å². The Morgan fingerprint density at radius 3 is 1.15 bits per heavy atom. The van der Waals surface area contributed by atoms with Crippen molar-refractivity contribution < 1.29 is 24.5 Å². The van der Waals surface area contributed by atoms with Crippen LogP contribution in [0.3, 0.4) is 0 Å². The van der Waals surface area contributed by atoms with Crippen LogP contribution in [0, 0.1) is 0 Å². The number of hydrogen-bond donors (Lipinski definition) is 3.